The zero-order valence-electron chi connectivity index (χ0n) is 8.43. The van der Waals surface area contributed by atoms with Crippen molar-refractivity contribution in [2.45, 2.75) is 10.8 Å². The molecule has 82 valence electrons. The number of nitrogens with zero attached hydrogens (tertiary/aromatic N) is 2. The van der Waals surface area contributed by atoms with Gasteiger partial charge in [-0.05, 0) is 34.1 Å². The molecule has 5 heteroatoms. The molecule has 3 nitrogen and oxygen atoms in total. The molecular formula is C11H10BrN3S. The van der Waals surface area contributed by atoms with Crippen LogP contribution in [0.5, 0.6) is 0 Å². The van der Waals surface area contributed by atoms with Gasteiger partial charge in [-0.25, -0.2) is 9.97 Å². The van der Waals surface area contributed by atoms with Gasteiger partial charge in [-0.2, -0.15) is 0 Å². The van der Waals surface area contributed by atoms with Crippen molar-refractivity contribution in [3.05, 3.63) is 46.7 Å². The molecule has 0 amide bonds. The van der Waals surface area contributed by atoms with Crippen LogP contribution in [0.25, 0.3) is 0 Å². The van der Waals surface area contributed by atoms with Crippen molar-refractivity contribution in [3.63, 3.8) is 0 Å². The van der Waals surface area contributed by atoms with E-state index in [9.17, 15) is 0 Å². The predicted molar refractivity (Wildman–Crippen MR) is 70.1 cm³/mol. The second kappa shape index (κ2) is 5.32. The van der Waals surface area contributed by atoms with Crippen molar-refractivity contribution < 1.29 is 0 Å². The van der Waals surface area contributed by atoms with E-state index in [1.54, 1.807) is 24.2 Å². The van der Waals surface area contributed by atoms with Crippen LogP contribution in [-0.4, -0.2) is 9.97 Å². The van der Waals surface area contributed by atoms with E-state index in [1.165, 1.54) is 0 Å². The first-order chi connectivity index (χ1) is 7.77. The van der Waals surface area contributed by atoms with Gasteiger partial charge in [0.2, 0.25) is 0 Å². The number of rotatable bonds is 3. The lowest BCUT2D eigenvalue weighted by molar-refractivity contribution is 1.11. The number of hydrogen-bond donors (Lipinski definition) is 1. The summed E-state index contributed by atoms with van der Waals surface area (Å²) in [6.45, 7) is 0. The largest absolute Gasteiger partial charge is 0.383 e. The van der Waals surface area contributed by atoms with Gasteiger partial charge in [0.15, 0.2) is 0 Å². The lowest BCUT2D eigenvalue weighted by atomic mass is 10.3. The summed E-state index contributed by atoms with van der Waals surface area (Å²) in [4.78, 5) is 8.32. The molecule has 2 aromatic heterocycles. The van der Waals surface area contributed by atoms with Crippen molar-refractivity contribution in [1.29, 1.82) is 0 Å². The molecule has 2 heterocycles. The van der Waals surface area contributed by atoms with Crippen molar-refractivity contribution in [2.24, 2.45) is 0 Å². The fraction of sp³-hybridized carbons (Fsp3) is 0.0909. The average molecular weight is 296 g/mol. The number of hydrogen-bond acceptors (Lipinski definition) is 4. The first-order valence-electron chi connectivity index (χ1n) is 4.70. The Hall–Kier alpha value is -1.07. The summed E-state index contributed by atoms with van der Waals surface area (Å²) in [7, 11) is 0. The highest BCUT2D eigenvalue weighted by atomic mass is 79.9. The van der Waals surface area contributed by atoms with Crippen LogP contribution in [0.2, 0.25) is 0 Å². The van der Waals surface area contributed by atoms with Gasteiger partial charge in [-0.15, -0.1) is 11.8 Å². The van der Waals surface area contributed by atoms with Gasteiger partial charge in [0.1, 0.15) is 10.8 Å². The summed E-state index contributed by atoms with van der Waals surface area (Å²) in [6, 6.07) is 7.74. The van der Waals surface area contributed by atoms with E-state index in [1.807, 2.05) is 24.3 Å². The standard InChI is InChI=1S/C11H10BrN3S/c12-9-4-2-6-15-11(9)16-7-8-3-1-5-14-10(8)13/h1-6H,7H2,(H2,13,14). The van der Waals surface area contributed by atoms with Crippen LogP contribution in [0, 0.1) is 0 Å². The summed E-state index contributed by atoms with van der Waals surface area (Å²) in [5, 5.41) is 0.964. The monoisotopic (exact) mass is 295 g/mol. The maximum absolute atomic E-state index is 5.77. The molecule has 0 aromatic carbocycles. The van der Waals surface area contributed by atoms with Gasteiger partial charge >= 0.3 is 0 Å². The number of nitrogen functional groups attached to an aromatic ring is 1. The maximum Gasteiger partial charge on any atom is 0.127 e. The maximum atomic E-state index is 5.77. The van der Waals surface area contributed by atoms with E-state index in [4.69, 9.17) is 5.73 Å². The summed E-state index contributed by atoms with van der Waals surface area (Å²) >= 11 is 5.09. The minimum absolute atomic E-state index is 0.585. The Morgan fingerprint density at radius 2 is 1.94 bits per heavy atom. The summed E-state index contributed by atoms with van der Waals surface area (Å²) in [5.41, 5.74) is 6.80. The molecule has 0 saturated heterocycles. The van der Waals surface area contributed by atoms with Crippen LogP contribution in [-0.2, 0) is 5.75 Å². The van der Waals surface area contributed by atoms with Crippen LogP contribution >= 0.6 is 27.7 Å². The lowest BCUT2D eigenvalue weighted by Gasteiger charge is -2.04. The molecule has 0 saturated carbocycles. The molecule has 0 aliphatic heterocycles. The van der Waals surface area contributed by atoms with E-state index in [-0.39, 0.29) is 0 Å². The molecule has 0 radical (unpaired) electrons. The Kier molecular flexibility index (Phi) is 3.79. The van der Waals surface area contributed by atoms with Crippen LogP contribution < -0.4 is 5.73 Å². The molecule has 2 N–H and O–H groups in total. The summed E-state index contributed by atoms with van der Waals surface area (Å²) in [6.07, 6.45) is 3.47. The van der Waals surface area contributed by atoms with Gasteiger partial charge < -0.3 is 5.73 Å². The lowest BCUT2D eigenvalue weighted by Crippen LogP contribution is -1.95. The van der Waals surface area contributed by atoms with E-state index in [2.05, 4.69) is 25.9 Å². The normalized spacial score (nSPS) is 10.3. The summed E-state index contributed by atoms with van der Waals surface area (Å²) in [5.74, 6) is 1.36. The zero-order valence-corrected chi connectivity index (χ0v) is 10.8. The predicted octanol–water partition coefficient (Wildman–Crippen LogP) is 3.11. The first kappa shape index (κ1) is 11.4. The molecule has 0 unspecified atom stereocenters. The fourth-order valence-electron chi connectivity index (χ4n) is 1.20. The van der Waals surface area contributed by atoms with Gasteiger partial charge in [-0.3, -0.25) is 0 Å². The Bertz CT molecular complexity index is 445. The third-order valence-electron chi connectivity index (χ3n) is 2.02. The third kappa shape index (κ3) is 2.74. The van der Waals surface area contributed by atoms with E-state index < -0.39 is 0 Å². The van der Waals surface area contributed by atoms with Gasteiger partial charge in [0, 0.05) is 28.2 Å². The highest BCUT2D eigenvalue weighted by Gasteiger charge is 2.04. The van der Waals surface area contributed by atoms with E-state index >= 15 is 0 Å². The second-order valence-electron chi connectivity index (χ2n) is 3.13. The smallest absolute Gasteiger partial charge is 0.127 e. The SMILES string of the molecule is Nc1ncccc1CSc1ncccc1Br. The van der Waals surface area contributed by atoms with E-state index in [0.717, 1.165) is 20.8 Å². The van der Waals surface area contributed by atoms with Crippen LogP contribution in [0.1, 0.15) is 5.56 Å². The highest BCUT2D eigenvalue weighted by Crippen LogP contribution is 2.28. The molecule has 2 aromatic rings. The zero-order chi connectivity index (χ0) is 11.4. The van der Waals surface area contributed by atoms with Gasteiger partial charge in [-0.1, -0.05) is 6.07 Å². The molecule has 0 bridgehead atoms. The van der Waals surface area contributed by atoms with Crippen molar-refractivity contribution >= 4 is 33.5 Å². The fourth-order valence-corrected chi connectivity index (χ4v) is 2.67. The minimum Gasteiger partial charge on any atom is -0.383 e. The molecule has 0 fully saturated rings. The number of nitrogens with two attached hydrogens (primary N) is 1. The molecule has 2 rings (SSSR count). The van der Waals surface area contributed by atoms with Crippen molar-refractivity contribution in [2.75, 3.05) is 5.73 Å². The van der Waals surface area contributed by atoms with Crippen LogP contribution in [0.4, 0.5) is 5.82 Å². The van der Waals surface area contributed by atoms with Crippen LogP contribution in [0.3, 0.4) is 0 Å². The Morgan fingerprint density at radius 1 is 1.19 bits per heavy atom. The number of aromatic nitrogens is 2. The van der Waals surface area contributed by atoms with Crippen LogP contribution in [0.15, 0.2) is 46.2 Å². The highest BCUT2D eigenvalue weighted by molar-refractivity contribution is 9.10. The minimum atomic E-state index is 0.585. The third-order valence-corrected chi connectivity index (χ3v) is 3.97. The van der Waals surface area contributed by atoms with Gasteiger partial charge in [0.05, 0.1) is 0 Å². The average Bonchev–Trinajstić information content (AvgIpc) is 2.30. The number of pyridine rings is 2. The molecule has 0 spiro atoms. The summed E-state index contributed by atoms with van der Waals surface area (Å²) < 4.78 is 1.00. The molecule has 0 aliphatic carbocycles. The molecular weight excluding hydrogens is 286 g/mol. The van der Waals surface area contributed by atoms with E-state index in [0.29, 0.717) is 5.82 Å². The molecule has 0 aliphatic rings. The Balaban J connectivity index is 2.09. The first-order valence-corrected chi connectivity index (χ1v) is 6.48. The number of halogens is 1. The molecule has 16 heavy (non-hydrogen) atoms. The number of anilines is 1. The molecule has 0 atom stereocenters. The Labute approximate surface area is 107 Å². The quantitative estimate of drug-likeness (QED) is 0.884. The number of thioether (sulfide) groups is 1. The van der Waals surface area contributed by atoms with Gasteiger partial charge in [0.25, 0.3) is 0 Å². The van der Waals surface area contributed by atoms with Crippen molar-refractivity contribution in [1.82, 2.24) is 9.97 Å². The second-order valence-corrected chi connectivity index (χ2v) is 4.95. The van der Waals surface area contributed by atoms with Crippen molar-refractivity contribution in [3.8, 4) is 0 Å². The topological polar surface area (TPSA) is 51.8 Å². The Morgan fingerprint density at radius 3 is 2.69 bits per heavy atom.